The number of nitrogens with one attached hydrogen (secondary N) is 1. The summed E-state index contributed by atoms with van der Waals surface area (Å²) in [6.45, 7) is 4.63. The molecular weight excluding hydrogens is 346 g/mol. The van der Waals surface area contributed by atoms with Gasteiger partial charge in [0.15, 0.2) is 0 Å². The maximum Gasteiger partial charge on any atom is 0.117 e. The maximum atomic E-state index is 5.53. The minimum Gasteiger partial charge on any atom is -0.494 e. The van der Waals surface area contributed by atoms with Crippen molar-refractivity contribution in [2.24, 2.45) is 0 Å². The second-order valence-electron chi connectivity index (χ2n) is 5.84. The molecule has 0 atom stereocenters. The van der Waals surface area contributed by atoms with E-state index in [1.807, 2.05) is 17.4 Å². The third-order valence-corrected chi connectivity index (χ3v) is 6.35. The summed E-state index contributed by atoms with van der Waals surface area (Å²) in [7, 11) is 0. The van der Waals surface area contributed by atoms with Gasteiger partial charge in [-0.2, -0.15) is 0 Å². The first-order chi connectivity index (χ1) is 12.3. The molecule has 2 aromatic rings. The molecule has 2 nitrogen and oxygen atoms in total. The SMILES string of the molecule is C=Cc1ccc(-c2ccc(C=CC3=CCC(=CC4=CCCO4)N3)s2)s1. The van der Waals surface area contributed by atoms with Gasteiger partial charge >= 0.3 is 0 Å². The van der Waals surface area contributed by atoms with E-state index in [1.165, 1.54) is 25.2 Å². The molecule has 4 rings (SSSR count). The smallest absolute Gasteiger partial charge is 0.117 e. The van der Waals surface area contributed by atoms with Gasteiger partial charge in [0, 0.05) is 43.7 Å². The molecule has 0 fully saturated rings. The number of hydrogen-bond donors (Lipinski definition) is 1. The van der Waals surface area contributed by atoms with Crippen molar-refractivity contribution in [1.29, 1.82) is 0 Å². The lowest BCUT2D eigenvalue weighted by Gasteiger charge is -2.03. The molecule has 0 amide bonds. The van der Waals surface area contributed by atoms with E-state index in [4.69, 9.17) is 4.74 Å². The Bertz CT molecular complexity index is 908. The first-order valence-corrected chi connectivity index (χ1v) is 9.95. The fourth-order valence-electron chi connectivity index (χ4n) is 2.76. The molecule has 2 aliphatic rings. The molecule has 0 spiro atoms. The van der Waals surface area contributed by atoms with Crippen LogP contribution in [0.2, 0.25) is 0 Å². The van der Waals surface area contributed by atoms with E-state index >= 15 is 0 Å². The predicted molar refractivity (Wildman–Crippen MR) is 109 cm³/mol. The van der Waals surface area contributed by atoms with Gasteiger partial charge < -0.3 is 10.1 Å². The molecule has 0 radical (unpaired) electrons. The summed E-state index contributed by atoms with van der Waals surface area (Å²) in [6, 6.07) is 8.65. The number of rotatable bonds is 5. The Morgan fingerprint density at radius 3 is 2.52 bits per heavy atom. The molecule has 2 aromatic heterocycles. The fraction of sp³-hybridized carbons (Fsp3) is 0.143. The molecule has 25 heavy (non-hydrogen) atoms. The van der Waals surface area contributed by atoms with Gasteiger partial charge in [0.2, 0.25) is 0 Å². The van der Waals surface area contributed by atoms with E-state index in [2.05, 4.69) is 66.5 Å². The van der Waals surface area contributed by atoms with Crippen molar-refractivity contribution in [2.45, 2.75) is 12.8 Å². The summed E-state index contributed by atoms with van der Waals surface area (Å²) in [5.41, 5.74) is 2.33. The molecule has 1 N–H and O–H groups in total. The van der Waals surface area contributed by atoms with Crippen molar-refractivity contribution in [2.75, 3.05) is 6.61 Å². The van der Waals surface area contributed by atoms with Crippen LogP contribution in [0.4, 0.5) is 0 Å². The Morgan fingerprint density at radius 1 is 1.00 bits per heavy atom. The summed E-state index contributed by atoms with van der Waals surface area (Å²) < 4.78 is 5.53. The highest BCUT2D eigenvalue weighted by molar-refractivity contribution is 7.22. The molecule has 0 aromatic carbocycles. The Labute approximate surface area is 156 Å². The van der Waals surface area contributed by atoms with E-state index in [1.54, 1.807) is 11.3 Å². The van der Waals surface area contributed by atoms with Crippen LogP contribution in [0, 0.1) is 0 Å². The standard InChI is InChI=1S/C21H19NOS2/c1-2-18-9-11-20(24-18)21-12-10-19(25-21)8-7-15-5-6-16(22-15)14-17-4-3-13-23-17/h2,4-5,7-12,14,22H,1,3,6,13H2. The van der Waals surface area contributed by atoms with Gasteiger partial charge in [0.25, 0.3) is 0 Å². The molecule has 4 heterocycles. The van der Waals surface area contributed by atoms with Crippen LogP contribution < -0.4 is 5.32 Å². The third kappa shape index (κ3) is 3.86. The van der Waals surface area contributed by atoms with Crippen LogP contribution in [0.25, 0.3) is 21.9 Å². The monoisotopic (exact) mass is 365 g/mol. The summed E-state index contributed by atoms with van der Waals surface area (Å²) in [4.78, 5) is 5.07. The zero-order valence-electron chi connectivity index (χ0n) is 13.8. The Morgan fingerprint density at radius 2 is 1.80 bits per heavy atom. The van der Waals surface area contributed by atoms with Crippen LogP contribution >= 0.6 is 22.7 Å². The van der Waals surface area contributed by atoms with Gasteiger partial charge in [-0.15, -0.1) is 22.7 Å². The van der Waals surface area contributed by atoms with Crippen LogP contribution in [0.1, 0.15) is 22.6 Å². The summed E-state index contributed by atoms with van der Waals surface area (Å²) >= 11 is 3.59. The summed E-state index contributed by atoms with van der Waals surface area (Å²) in [5.74, 6) is 0.985. The molecule has 0 saturated carbocycles. The Kier molecular flexibility index (Phi) is 4.72. The number of thiophene rings is 2. The average Bonchev–Trinajstić information content (AvgIpc) is 3.40. The number of ether oxygens (including phenoxy) is 1. The highest BCUT2D eigenvalue weighted by atomic mass is 32.1. The van der Waals surface area contributed by atoms with E-state index in [9.17, 15) is 0 Å². The number of hydrogen-bond acceptors (Lipinski definition) is 4. The first kappa shape index (κ1) is 16.2. The average molecular weight is 366 g/mol. The normalized spacial score (nSPS) is 18.3. The van der Waals surface area contributed by atoms with Crippen molar-refractivity contribution in [3.05, 3.63) is 82.1 Å². The van der Waals surface area contributed by atoms with Gasteiger partial charge in [0.05, 0.1) is 6.61 Å². The Balaban J connectivity index is 1.40. The molecular formula is C21H19NOS2. The zero-order chi connectivity index (χ0) is 17.1. The largest absolute Gasteiger partial charge is 0.494 e. The van der Waals surface area contributed by atoms with Crippen molar-refractivity contribution in [3.63, 3.8) is 0 Å². The highest BCUT2D eigenvalue weighted by Gasteiger charge is 2.10. The van der Waals surface area contributed by atoms with E-state index < -0.39 is 0 Å². The van der Waals surface area contributed by atoms with Crippen LogP contribution in [0.3, 0.4) is 0 Å². The lowest BCUT2D eigenvalue weighted by molar-refractivity contribution is 0.256. The Hall–Kier alpha value is -2.30. The van der Waals surface area contributed by atoms with Gasteiger partial charge in [-0.3, -0.25) is 0 Å². The maximum absolute atomic E-state index is 5.53. The molecule has 2 aliphatic heterocycles. The lowest BCUT2D eigenvalue weighted by Crippen LogP contribution is -2.04. The lowest BCUT2D eigenvalue weighted by atomic mass is 10.3. The van der Waals surface area contributed by atoms with Crippen molar-refractivity contribution in [1.82, 2.24) is 5.32 Å². The van der Waals surface area contributed by atoms with Gasteiger partial charge in [-0.1, -0.05) is 18.7 Å². The van der Waals surface area contributed by atoms with E-state index in [-0.39, 0.29) is 0 Å². The van der Waals surface area contributed by atoms with E-state index in [0.717, 1.165) is 30.9 Å². The predicted octanol–water partition coefficient (Wildman–Crippen LogP) is 6.20. The fourth-order valence-corrected chi connectivity index (χ4v) is 4.62. The molecule has 0 bridgehead atoms. The van der Waals surface area contributed by atoms with Crippen molar-refractivity contribution in [3.8, 4) is 9.75 Å². The zero-order valence-corrected chi connectivity index (χ0v) is 15.5. The molecule has 0 unspecified atom stereocenters. The van der Waals surface area contributed by atoms with Crippen LogP contribution in [0.5, 0.6) is 0 Å². The van der Waals surface area contributed by atoms with Crippen molar-refractivity contribution < 1.29 is 4.74 Å². The second kappa shape index (κ2) is 7.30. The van der Waals surface area contributed by atoms with Crippen LogP contribution in [-0.2, 0) is 4.74 Å². The van der Waals surface area contributed by atoms with Crippen LogP contribution in [-0.4, -0.2) is 6.61 Å². The van der Waals surface area contributed by atoms with Gasteiger partial charge in [-0.25, -0.2) is 0 Å². The molecule has 0 aliphatic carbocycles. The quantitative estimate of drug-likeness (QED) is 0.681. The highest BCUT2D eigenvalue weighted by Crippen LogP contribution is 2.34. The minimum atomic E-state index is 0.804. The van der Waals surface area contributed by atoms with E-state index in [0.29, 0.717) is 0 Å². The summed E-state index contributed by atoms with van der Waals surface area (Å²) in [5, 5.41) is 3.45. The van der Waals surface area contributed by atoms with Gasteiger partial charge in [-0.05, 0) is 48.6 Å². The van der Waals surface area contributed by atoms with Gasteiger partial charge in [0.1, 0.15) is 5.76 Å². The first-order valence-electron chi connectivity index (χ1n) is 8.31. The number of allylic oxidation sites excluding steroid dienone is 3. The molecule has 4 heteroatoms. The third-order valence-electron chi connectivity index (χ3n) is 4.02. The topological polar surface area (TPSA) is 21.3 Å². The second-order valence-corrected chi connectivity index (χ2v) is 8.07. The molecule has 0 saturated heterocycles. The minimum absolute atomic E-state index is 0.804. The molecule has 126 valence electrons. The summed E-state index contributed by atoms with van der Waals surface area (Å²) in [6.07, 6.45) is 14.6. The van der Waals surface area contributed by atoms with Crippen molar-refractivity contribution >= 4 is 34.8 Å². The van der Waals surface area contributed by atoms with Crippen LogP contribution in [0.15, 0.2) is 72.3 Å².